The Morgan fingerprint density at radius 1 is 1.27 bits per heavy atom. The highest BCUT2D eigenvalue weighted by Crippen LogP contribution is 2.21. The zero-order valence-corrected chi connectivity index (χ0v) is 16.7. The van der Waals surface area contributed by atoms with Crippen LogP contribution in [0.15, 0.2) is 49.8 Å². The summed E-state index contributed by atoms with van der Waals surface area (Å²) in [5.41, 5.74) is 0.0584. The molecular weight excluding hydrogens is 414 g/mol. The monoisotopic (exact) mass is 433 g/mol. The fourth-order valence-electron chi connectivity index (χ4n) is 3.71. The van der Waals surface area contributed by atoms with Crippen LogP contribution < -0.4 is 11.2 Å². The molecule has 0 spiro atoms. The van der Waals surface area contributed by atoms with Crippen LogP contribution in [0, 0.1) is 5.92 Å². The first-order valence-electron chi connectivity index (χ1n) is 8.77. The number of piperidine rings is 1. The van der Waals surface area contributed by atoms with Gasteiger partial charge in [0, 0.05) is 29.0 Å². The molecule has 0 amide bonds. The molecule has 1 atom stereocenters. The molecule has 0 bridgehead atoms. The van der Waals surface area contributed by atoms with Crippen LogP contribution in [-0.2, 0) is 13.1 Å². The van der Waals surface area contributed by atoms with Crippen LogP contribution in [0.3, 0.4) is 0 Å². The van der Waals surface area contributed by atoms with Crippen LogP contribution in [0.25, 0.3) is 10.9 Å². The Morgan fingerprint density at radius 2 is 2.15 bits per heavy atom. The molecular formula is C19H20BrN3O2S. The van der Waals surface area contributed by atoms with Crippen LogP contribution in [-0.4, -0.2) is 27.5 Å². The summed E-state index contributed by atoms with van der Waals surface area (Å²) in [5, 5.41) is 2.65. The number of fused-ring (bicyclic) bond motifs is 1. The van der Waals surface area contributed by atoms with E-state index in [0.29, 0.717) is 23.4 Å². The molecule has 0 saturated carbocycles. The second-order valence-electron chi connectivity index (χ2n) is 6.86. The van der Waals surface area contributed by atoms with E-state index in [-0.39, 0.29) is 11.2 Å². The molecule has 1 saturated heterocycles. The summed E-state index contributed by atoms with van der Waals surface area (Å²) in [6.07, 6.45) is 2.14. The average Bonchev–Trinajstić information content (AvgIpc) is 3.13. The van der Waals surface area contributed by atoms with E-state index in [1.165, 1.54) is 9.44 Å². The van der Waals surface area contributed by atoms with E-state index in [9.17, 15) is 9.59 Å². The van der Waals surface area contributed by atoms with Gasteiger partial charge >= 0.3 is 5.69 Å². The van der Waals surface area contributed by atoms with Crippen molar-refractivity contribution in [1.29, 1.82) is 0 Å². The number of hydrogen-bond donors (Lipinski definition) is 1. The molecule has 1 unspecified atom stereocenters. The number of aromatic amines is 1. The largest absolute Gasteiger partial charge is 0.328 e. The molecule has 136 valence electrons. The number of aromatic nitrogens is 2. The molecule has 1 aromatic carbocycles. The van der Waals surface area contributed by atoms with E-state index in [2.05, 4.69) is 43.3 Å². The predicted octanol–water partition coefficient (Wildman–Crippen LogP) is 3.43. The number of rotatable bonds is 4. The first-order valence-corrected chi connectivity index (χ1v) is 10.4. The Kier molecular flexibility index (Phi) is 5.11. The van der Waals surface area contributed by atoms with Crippen molar-refractivity contribution in [2.45, 2.75) is 25.9 Å². The lowest BCUT2D eigenvalue weighted by Crippen LogP contribution is -2.42. The fraction of sp³-hybridized carbons (Fsp3) is 0.368. The molecule has 1 aliphatic rings. The van der Waals surface area contributed by atoms with Crippen molar-refractivity contribution in [2.75, 3.05) is 13.1 Å². The third-order valence-electron chi connectivity index (χ3n) is 4.95. The molecule has 5 nitrogen and oxygen atoms in total. The topological polar surface area (TPSA) is 58.1 Å². The predicted molar refractivity (Wildman–Crippen MR) is 109 cm³/mol. The lowest BCUT2D eigenvalue weighted by Gasteiger charge is -2.32. The van der Waals surface area contributed by atoms with Gasteiger partial charge in [0.1, 0.15) is 0 Å². The summed E-state index contributed by atoms with van der Waals surface area (Å²) in [4.78, 5) is 31.9. The second kappa shape index (κ2) is 7.50. The SMILES string of the molecule is O=c1[nH]c2ccc(Br)cc2c(=O)n1CC1CCCN(Cc2cccs2)C1. The van der Waals surface area contributed by atoms with Gasteiger partial charge < -0.3 is 4.98 Å². The highest BCUT2D eigenvalue weighted by Gasteiger charge is 2.22. The van der Waals surface area contributed by atoms with Crippen molar-refractivity contribution in [2.24, 2.45) is 5.92 Å². The average molecular weight is 434 g/mol. The Bertz CT molecular complexity index is 1030. The molecule has 7 heteroatoms. The first-order chi connectivity index (χ1) is 12.6. The van der Waals surface area contributed by atoms with Crippen molar-refractivity contribution >= 4 is 38.2 Å². The number of thiophene rings is 1. The molecule has 1 aliphatic heterocycles. The van der Waals surface area contributed by atoms with E-state index >= 15 is 0 Å². The molecule has 2 aromatic heterocycles. The lowest BCUT2D eigenvalue weighted by molar-refractivity contribution is 0.155. The molecule has 0 aliphatic carbocycles. The zero-order chi connectivity index (χ0) is 18.1. The molecule has 4 rings (SSSR count). The summed E-state index contributed by atoms with van der Waals surface area (Å²) in [6.45, 7) is 3.41. The quantitative estimate of drug-likeness (QED) is 0.685. The minimum absolute atomic E-state index is 0.208. The number of hydrogen-bond acceptors (Lipinski definition) is 4. The van der Waals surface area contributed by atoms with E-state index < -0.39 is 0 Å². The van der Waals surface area contributed by atoms with Gasteiger partial charge in [-0.2, -0.15) is 0 Å². The number of benzene rings is 1. The number of H-pyrrole nitrogens is 1. The van der Waals surface area contributed by atoms with Gasteiger partial charge in [0.15, 0.2) is 0 Å². The van der Waals surface area contributed by atoms with Crippen LogP contribution >= 0.6 is 27.3 Å². The molecule has 26 heavy (non-hydrogen) atoms. The molecule has 1 fully saturated rings. The van der Waals surface area contributed by atoms with Gasteiger partial charge in [-0.1, -0.05) is 22.0 Å². The highest BCUT2D eigenvalue weighted by molar-refractivity contribution is 9.10. The number of nitrogens with one attached hydrogen (secondary N) is 1. The van der Waals surface area contributed by atoms with Gasteiger partial charge in [0.05, 0.1) is 10.9 Å². The molecule has 3 aromatic rings. The van der Waals surface area contributed by atoms with Crippen molar-refractivity contribution in [1.82, 2.24) is 14.5 Å². The van der Waals surface area contributed by atoms with Crippen LogP contribution in [0.2, 0.25) is 0 Å². The fourth-order valence-corrected chi connectivity index (χ4v) is 4.82. The van der Waals surface area contributed by atoms with E-state index in [1.54, 1.807) is 23.5 Å². The smallest absolute Gasteiger partial charge is 0.307 e. The van der Waals surface area contributed by atoms with Crippen molar-refractivity contribution in [3.63, 3.8) is 0 Å². The first kappa shape index (κ1) is 17.7. The number of nitrogens with zero attached hydrogens (tertiary/aromatic N) is 2. The van der Waals surface area contributed by atoms with Crippen LogP contribution in [0.5, 0.6) is 0 Å². The van der Waals surface area contributed by atoms with Gasteiger partial charge in [-0.3, -0.25) is 14.3 Å². The molecule has 0 radical (unpaired) electrons. The van der Waals surface area contributed by atoms with Gasteiger partial charge in [-0.25, -0.2) is 4.79 Å². The summed E-state index contributed by atoms with van der Waals surface area (Å²) in [5.74, 6) is 0.312. The zero-order valence-electron chi connectivity index (χ0n) is 14.3. The van der Waals surface area contributed by atoms with Crippen molar-refractivity contribution in [3.8, 4) is 0 Å². The summed E-state index contributed by atoms with van der Waals surface area (Å²) < 4.78 is 2.20. The molecule has 3 heterocycles. The van der Waals surface area contributed by atoms with E-state index in [4.69, 9.17) is 0 Å². The minimum Gasteiger partial charge on any atom is -0.307 e. The Balaban J connectivity index is 1.56. The second-order valence-corrected chi connectivity index (χ2v) is 8.81. The van der Waals surface area contributed by atoms with Crippen molar-refractivity contribution in [3.05, 3.63) is 65.9 Å². The summed E-state index contributed by atoms with van der Waals surface area (Å²) in [7, 11) is 0. The Hall–Kier alpha value is -1.70. The summed E-state index contributed by atoms with van der Waals surface area (Å²) in [6, 6.07) is 9.59. The molecule has 1 N–H and O–H groups in total. The number of likely N-dealkylation sites (tertiary alicyclic amines) is 1. The standard InChI is InChI=1S/C19H20BrN3O2S/c20-14-5-6-17-16(9-14)18(24)23(19(25)21-17)11-13-3-1-7-22(10-13)12-15-4-2-8-26-15/h2,4-6,8-9,13H,1,3,7,10-12H2,(H,21,25). The van der Waals surface area contributed by atoms with Gasteiger partial charge in [0.2, 0.25) is 0 Å². The Labute approximate surface area is 163 Å². The van der Waals surface area contributed by atoms with Gasteiger partial charge in [-0.05, 0) is 54.9 Å². The van der Waals surface area contributed by atoms with E-state index in [1.807, 2.05) is 6.07 Å². The third-order valence-corrected chi connectivity index (χ3v) is 6.30. The van der Waals surface area contributed by atoms with Gasteiger partial charge in [-0.15, -0.1) is 11.3 Å². The normalized spacial score (nSPS) is 18.4. The number of halogens is 1. The van der Waals surface area contributed by atoms with Crippen molar-refractivity contribution < 1.29 is 0 Å². The van der Waals surface area contributed by atoms with Gasteiger partial charge in [0.25, 0.3) is 5.56 Å². The highest BCUT2D eigenvalue weighted by atomic mass is 79.9. The maximum atomic E-state index is 12.8. The Morgan fingerprint density at radius 3 is 2.96 bits per heavy atom. The maximum Gasteiger partial charge on any atom is 0.328 e. The van der Waals surface area contributed by atoms with Crippen LogP contribution in [0.1, 0.15) is 17.7 Å². The third kappa shape index (κ3) is 3.70. The minimum atomic E-state index is -0.319. The maximum absolute atomic E-state index is 12.8. The van der Waals surface area contributed by atoms with Crippen LogP contribution in [0.4, 0.5) is 0 Å². The summed E-state index contributed by atoms with van der Waals surface area (Å²) >= 11 is 5.17. The lowest BCUT2D eigenvalue weighted by atomic mass is 9.98. The van der Waals surface area contributed by atoms with E-state index in [0.717, 1.165) is 36.9 Å².